The number of nitrogens with two attached hydrogens (primary N) is 1. The predicted molar refractivity (Wildman–Crippen MR) is 91.1 cm³/mol. The van der Waals surface area contributed by atoms with Gasteiger partial charge in [-0.15, -0.1) is 0 Å². The third-order valence-corrected chi connectivity index (χ3v) is 6.55. The number of hydrogen-bond acceptors (Lipinski definition) is 4. The van der Waals surface area contributed by atoms with E-state index in [1.54, 1.807) is 17.0 Å². The molecular weight excluding hydrogens is 344 g/mol. The Kier molecular flexibility index (Phi) is 4.96. The second kappa shape index (κ2) is 7.01. The van der Waals surface area contributed by atoms with Crippen molar-refractivity contribution in [2.45, 2.75) is 30.7 Å². The molecule has 0 aromatic heterocycles. The maximum absolute atomic E-state index is 12.7. The zero-order chi connectivity index (χ0) is 18.0. The Morgan fingerprint density at radius 1 is 1.12 bits per heavy atom. The van der Waals surface area contributed by atoms with Crippen molar-refractivity contribution in [1.82, 2.24) is 14.5 Å². The van der Waals surface area contributed by atoms with Crippen LogP contribution >= 0.6 is 0 Å². The number of sulfonamides is 1. The van der Waals surface area contributed by atoms with Gasteiger partial charge in [-0.1, -0.05) is 6.07 Å². The molecule has 0 bridgehead atoms. The lowest BCUT2D eigenvalue weighted by Gasteiger charge is -2.29. The van der Waals surface area contributed by atoms with Gasteiger partial charge in [0.1, 0.15) is 0 Å². The van der Waals surface area contributed by atoms with Crippen molar-refractivity contribution in [3.8, 4) is 0 Å². The lowest BCUT2D eigenvalue weighted by atomic mass is 10.00. The molecule has 0 unspecified atom stereocenters. The van der Waals surface area contributed by atoms with E-state index < -0.39 is 16.1 Å². The van der Waals surface area contributed by atoms with E-state index in [-0.39, 0.29) is 17.3 Å². The van der Waals surface area contributed by atoms with Gasteiger partial charge in [0.15, 0.2) is 0 Å². The zero-order valence-electron chi connectivity index (χ0n) is 13.9. The molecule has 136 valence electrons. The van der Waals surface area contributed by atoms with Crippen molar-refractivity contribution >= 4 is 22.0 Å². The fourth-order valence-corrected chi connectivity index (χ4v) is 4.83. The van der Waals surface area contributed by atoms with Crippen molar-refractivity contribution in [2.75, 3.05) is 26.2 Å². The van der Waals surface area contributed by atoms with Gasteiger partial charge in [-0.3, -0.25) is 4.79 Å². The van der Waals surface area contributed by atoms with Gasteiger partial charge in [-0.05, 0) is 42.5 Å². The number of urea groups is 1. The largest absolute Gasteiger partial charge is 0.352 e. The maximum atomic E-state index is 12.7. The summed E-state index contributed by atoms with van der Waals surface area (Å²) in [5, 5.41) is 2.28. The second-order valence-electron chi connectivity index (χ2n) is 6.32. The number of carbonyl (C=O) groups is 2. The monoisotopic (exact) mass is 366 g/mol. The Morgan fingerprint density at radius 3 is 2.52 bits per heavy atom. The summed E-state index contributed by atoms with van der Waals surface area (Å²) in [6.07, 6.45) is 2.43. The summed E-state index contributed by atoms with van der Waals surface area (Å²) in [6, 6.07) is 4.41. The molecule has 1 aromatic rings. The summed E-state index contributed by atoms with van der Waals surface area (Å²) in [4.78, 5) is 24.7. The van der Waals surface area contributed by atoms with E-state index in [1.165, 1.54) is 4.31 Å². The number of primary amides is 1. The topological polar surface area (TPSA) is 113 Å². The molecule has 0 aliphatic carbocycles. The third kappa shape index (κ3) is 3.77. The Balaban J connectivity index is 1.77. The van der Waals surface area contributed by atoms with Gasteiger partial charge in [-0.25, -0.2) is 13.2 Å². The van der Waals surface area contributed by atoms with Gasteiger partial charge in [0.05, 0.1) is 11.4 Å². The minimum atomic E-state index is -3.48. The Hall–Kier alpha value is -2.13. The van der Waals surface area contributed by atoms with Crippen LogP contribution in [0.4, 0.5) is 4.79 Å². The first kappa shape index (κ1) is 17.7. The number of nitrogens with one attached hydrogen (secondary N) is 1. The maximum Gasteiger partial charge on any atom is 0.312 e. The van der Waals surface area contributed by atoms with Crippen LogP contribution in [0.25, 0.3) is 0 Å². The number of carbonyl (C=O) groups excluding carboxylic acids is 2. The highest BCUT2D eigenvalue weighted by Crippen LogP contribution is 2.26. The van der Waals surface area contributed by atoms with Crippen LogP contribution in [0, 0.1) is 0 Å². The second-order valence-corrected chi connectivity index (χ2v) is 8.26. The van der Waals surface area contributed by atoms with Crippen molar-refractivity contribution in [3.05, 3.63) is 29.3 Å². The van der Waals surface area contributed by atoms with Gasteiger partial charge >= 0.3 is 6.03 Å². The van der Waals surface area contributed by atoms with E-state index >= 15 is 0 Å². The Morgan fingerprint density at radius 2 is 1.84 bits per heavy atom. The number of amides is 3. The molecule has 9 heteroatoms. The molecule has 1 fully saturated rings. The minimum absolute atomic E-state index is 0.156. The predicted octanol–water partition coefficient (Wildman–Crippen LogP) is 0.0241. The van der Waals surface area contributed by atoms with Gasteiger partial charge in [0.2, 0.25) is 15.9 Å². The molecule has 0 saturated carbocycles. The quantitative estimate of drug-likeness (QED) is 0.782. The van der Waals surface area contributed by atoms with Crippen LogP contribution in [-0.4, -0.2) is 55.7 Å². The number of nitrogens with zero attached hydrogens (tertiary/aromatic N) is 2. The summed E-state index contributed by atoms with van der Waals surface area (Å²) in [5.41, 5.74) is 6.86. The van der Waals surface area contributed by atoms with E-state index in [0.29, 0.717) is 32.6 Å². The standard InChI is InChI=1S/C16H22N4O4S/c17-16(22)18-10-15(21)19-8-5-12-3-4-14(9-13(12)11-19)25(23,24)20-6-1-2-7-20/h3-4,9H,1-2,5-8,10-11H2,(H3,17,18,22). The fraction of sp³-hybridized carbons (Fsp3) is 0.500. The smallest absolute Gasteiger partial charge is 0.312 e. The molecule has 0 radical (unpaired) electrons. The molecule has 0 spiro atoms. The van der Waals surface area contributed by atoms with Crippen LogP contribution in [-0.2, 0) is 27.8 Å². The number of hydrogen-bond donors (Lipinski definition) is 2. The van der Waals surface area contributed by atoms with Crippen molar-refractivity contribution < 1.29 is 18.0 Å². The molecule has 3 amide bonds. The van der Waals surface area contributed by atoms with E-state index in [4.69, 9.17) is 5.73 Å². The lowest BCUT2D eigenvalue weighted by molar-refractivity contribution is -0.130. The summed E-state index contributed by atoms with van der Waals surface area (Å²) in [6.45, 7) is 1.82. The number of fused-ring (bicyclic) bond motifs is 1. The van der Waals surface area contributed by atoms with Crippen LogP contribution < -0.4 is 11.1 Å². The highest BCUT2D eigenvalue weighted by Gasteiger charge is 2.29. The summed E-state index contributed by atoms with van der Waals surface area (Å²) in [7, 11) is -3.48. The van der Waals surface area contributed by atoms with Crippen molar-refractivity contribution in [1.29, 1.82) is 0 Å². The Bertz CT molecular complexity index is 787. The average Bonchev–Trinajstić information content (AvgIpc) is 3.14. The summed E-state index contributed by atoms with van der Waals surface area (Å²) < 4.78 is 26.9. The van der Waals surface area contributed by atoms with E-state index in [0.717, 1.165) is 24.0 Å². The minimum Gasteiger partial charge on any atom is -0.352 e. The lowest BCUT2D eigenvalue weighted by Crippen LogP contribution is -2.43. The molecular formula is C16H22N4O4S. The first-order valence-electron chi connectivity index (χ1n) is 8.31. The van der Waals surface area contributed by atoms with Crippen LogP contribution in [0.1, 0.15) is 24.0 Å². The fourth-order valence-electron chi connectivity index (χ4n) is 3.26. The average molecular weight is 366 g/mol. The first-order valence-corrected chi connectivity index (χ1v) is 9.75. The molecule has 2 aliphatic rings. The van der Waals surface area contributed by atoms with E-state index in [9.17, 15) is 18.0 Å². The van der Waals surface area contributed by atoms with E-state index in [1.807, 2.05) is 6.07 Å². The van der Waals surface area contributed by atoms with Crippen molar-refractivity contribution in [3.63, 3.8) is 0 Å². The van der Waals surface area contributed by atoms with Gasteiger partial charge in [-0.2, -0.15) is 4.31 Å². The zero-order valence-corrected chi connectivity index (χ0v) is 14.7. The molecule has 1 aromatic carbocycles. The summed E-state index contributed by atoms with van der Waals surface area (Å²) in [5.74, 6) is -0.239. The highest BCUT2D eigenvalue weighted by molar-refractivity contribution is 7.89. The Labute approximate surface area is 147 Å². The first-order chi connectivity index (χ1) is 11.9. The molecule has 3 N–H and O–H groups in total. The molecule has 1 saturated heterocycles. The normalized spacial score (nSPS) is 18.0. The molecule has 8 nitrogen and oxygen atoms in total. The SMILES string of the molecule is NC(=O)NCC(=O)N1CCc2ccc(S(=O)(=O)N3CCCC3)cc2C1. The van der Waals surface area contributed by atoms with Crippen LogP contribution in [0.2, 0.25) is 0 Å². The molecule has 3 rings (SSSR count). The van der Waals surface area contributed by atoms with Crippen LogP contribution in [0.5, 0.6) is 0 Å². The summed E-state index contributed by atoms with van der Waals surface area (Å²) >= 11 is 0. The molecule has 2 heterocycles. The van der Waals surface area contributed by atoms with Gasteiger partial charge in [0.25, 0.3) is 0 Å². The van der Waals surface area contributed by atoms with Crippen LogP contribution in [0.15, 0.2) is 23.1 Å². The number of benzene rings is 1. The van der Waals surface area contributed by atoms with Gasteiger partial charge < -0.3 is 16.0 Å². The highest BCUT2D eigenvalue weighted by atomic mass is 32.2. The molecule has 25 heavy (non-hydrogen) atoms. The van der Waals surface area contributed by atoms with Crippen LogP contribution in [0.3, 0.4) is 0 Å². The molecule has 0 atom stereocenters. The van der Waals surface area contributed by atoms with Crippen molar-refractivity contribution in [2.24, 2.45) is 5.73 Å². The molecule has 2 aliphatic heterocycles. The van der Waals surface area contributed by atoms with Gasteiger partial charge in [0, 0.05) is 26.2 Å². The third-order valence-electron chi connectivity index (χ3n) is 4.66. The van der Waals surface area contributed by atoms with E-state index in [2.05, 4.69) is 5.32 Å². The number of rotatable bonds is 4.